The van der Waals surface area contributed by atoms with Crippen molar-refractivity contribution in [1.29, 1.82) is 0 Å². The Morgan fingerprint density at radius 3 is 2.50 bits per heavy atom. The van der Waals surface area contributed by atoms with Crippen LogP contribution in [0.25, 0.3) is 0 Å². The number of ether oxygens (including phenoxy) is 1. The minimum absolute atomic E-state index is 0.177. The van der Waals surface area contributed by atoms with E-state index in [2.05, 4.69) is 52.5 Å². The molecule has 1 atom stereocenters. The van der Waals surface area contributed by atoms with Gasteiger partial charge in [0.25, 0.3) is 0 Å². The molecule has 1 aromatic rings. The molecule has 0 saturated carbocycles. The van der Waals surface area contributed by atoms with Gasteiger partial charge < -0.3 is 4.74 Å². The number of hydrogen-bond acceptors (Lipinski definition) is 1. The summed E-state index contributed by atoms with van der Waals surface area (Å²) in [6.45, 7) is 15.5. The molecule has 0 N–H and O–H groups in total. The topological polar surface area (TPSA) is 9.23 Å². The molecule has 0 saturated heterocycles. The van der Waals surface area contributed by atoms with E-state index in [1.54, 1.807) is 0 Å². The average molecular weight is 246 g/mol. The molecule has 0 aliphatic rings. The second-order valence-corrected chi connectivity index (χ2v) is 5.92. The zero-order chi connectivity index (χ0) is 13.8. The molecule has 0 aromatic heterocycles. The first-order valence-corrected chi connectivity index (χ1v) is 6.77. The van der Waals surface area contributed by atoms with Crippen LogP contribution in [-0.4, -0.2) is 6.61 Å². The van der Waals surface area contributed by atoms with Gasteiger partial charge in [-0.25, -0.2) is 0 Å². The van der Waals surface area contributed by atoms with Crippen molar-refractivity contribution in [2.24, 2.45) is 5.92 Å². The molecule has 1 rings (SSSR count). The Morgan fingerprint density at radius 2 is 2.00 bits per heavy atom. The maximum Gasteiger partial charge on any atom is 0.122 e. The van der Waals surface area contributed by atoms with E-state index in [1.165, 1.54) is 11.1 Å². The zero-order valence-corrected chi connectivity index (χ0v) is 12.4. The summed E-state index contributed by atoms with van der Waals surface area (Å²) < 4.78 is 5.72. The average Bonchev–Trinajstić information content (AvgIpc) is 2.30. The van der Waals surface area contributed by atoms with Crippen LogP contribution in [0.15, 0.2) is 30.9 Å². The number of benzene rings is 1. The quantitative estimate of drug-likeness (QED) is 0.681. The van der Waals surface area contributed by atoms with Gasteiger partial charge in [-0.2, -0.15) is 0 Å². The Hall–Kier alpha value is -1.24. The van der Waals surface area contributed by atoms with Crippen LogP contribution < -0.4 is 4.74 Å². The second-order valence-electron chi connectivity index (χ2n) is 5.92. The molecule has 100 valence electrons. The van der Waals surface area contributed by atoms with Crippen molar-refractivity contribution in [1.82, 2.24) is 0 Å². The molecule has 1 heteroatoms. The molecule has 0 bridgehead atoms. The maximum atomic E-state index is 5.72. The molecular formula is C17H26O. The summed E-state index contributed by atoms with van der Waals surface area (Å²) >= 11 is 0. The number of allylic oxidation sites excluding steroid dienone is 1. The SMILES string of the molecule is C=CC(C)Cc1cc(C(C)(C)C)ccc1OCC. The van der Waals surface area contributed by atoms with Crippen molar-refractivity contribution in [3.63, 3.8) is 0 Å². The van der Waals surface area contributed by atoms with Gasteiger partial charge in [-0.1, -0.05) is 45.9 Å². The highest BCUT2D eigenvalue weighted by Crippen LogP contribution is 2.29. The molecule has 1 aromatic carbocycles. The van der Waals surface area contributed by atoms with Crippen LogP contribution in [0.4, 0.5) is 0 Å². The van der Waals surface area contributed by atoms with Crippen LogP contribution in [0.3, 0.4) is 0 Å². The molecule has 1 nitrogen and oxygen atoms in total. The molecule has 1 unspecified atom stereocenters. The molecule has 0 spiro atoms. The first-order chi connectivity index (χ1) is 8.38. The van der Waals surface area contributed by atoms with E-state index in [4.69, 9.17) is 4.74 Å². The summed E-state index contributed by atoms with van der Waals surface area (Å²) in [6.07, 6.45) is 2.99. The molecule has 18 heavy (non-hydrogen) atoms. The van der Waals surface area contributed by atoms with Gasteiger partial charge in [0.15, 0.2) is 0 Å². The van der Waals surface area contributed by atoms with E-state index in [9.17, 15) is 0 Å². The Labute approximate surface area is 112 Å². The Balaban J connectivity index is 3.11. The lowest BCUT2D eigenvalue weighted by Gasteiger charge is -2.22. The lowest BCUT2D eigenvalue weighted by atomic mass is 9.85. The fourth-order valence-electron chi connectivity index (χ4n) is 1.93. The summed E-state index contributed by atoms with van der Waals surface area (Å²) in [4.78, 5) is 0. The maximum absolute atomic E-state index is 5.72. The third-order valence-corrected chi connectivity index (χ3v) is 3.17. The minimum Gasteiger partial charge on any atom is -0.494 e. The van der Waals surface area contributed by atoms with Gasteiger partial charge in [-0.15, -0.1) is 6.58 Å². The van der Waals surface area contributed by atoms with Crippen LogP contribution in [0.2, 0.25) is 0 Å². The smallest absolute Gasteiger partial charge is 0.122 e. The summed E-state index contributed by atoms with van der Waals surface area (Å²) in [5.74, 6) is 1.48. The van der Waals surface area contributed by atoms with Crippen LogP contribution >= 0.6 is 0 Å². The van der Waals surface area contributed by atoms with Crippen molar-refractivity contribution >= 4 is 0 Å². The molecular weight excluding hydrogens is 220 g/mol. The van der Waals surface area contributed by atoms with Crippen LogP contribution in [0.5, 0.6) is 5.75 Å². The third-order valence-electron chi connectivity index (χ3n) is 3.17. The molecule has 0 aliphatic carbocycles. The van der Waals surface area contributed by atoms with E-state index in [-0.39, 0.29) is 5.41 Å². The van der Waals surface area contributed by atoms with E-state index >= 15 is 0 Å². The highest BCUT2D eigenvalue weighted by Gasteiger charge is 2.16. The summed E-state index contributed by atoms with van der Waals surface area (Å²) in [5.41, 5.74) is 2.82. The first kappa shape index (κ1) is 14.8. The highest BCUT2D eigenvalue weighted by molar-refractivity contribution is 5.40. The van der Waals surface area contributed by atoms with E-state index in [1.807, 2.05) is 13.0 Å². The standard InChI is InChI=1S/C17H26O/c1-7-13(3)11-14-12-15(17(4,5)6)9-10-16(14)18-8-2/h7,9-10,12-13H,1,8,11H2,2-6H3. The fourth-order valence-corrected chi connectivity index (χ4v) is 1.93. The summed E-state index contributed by atoms with van der Waals surface area (Å²) in [7, 11) is 0. The molecule has 0 radical (unpaired) electrons. The van der Waals surface area contributed by atoms with Crippen molar-refractivity contribution in [2.45, 2.75) is 46.5 Å². The molecule has 0 amide bonds. The fraction of sp³-hybridized carbons (Fsp3) is 0.529. The first-order valence-electron chi connectivity index (χ1n) is 6.77. The predicted octanol–water partition coefficient (Wildman–Crippen LogP) is 4.75. The van der Waals surface area contributed by atoms with Crippen molar-refractivity contribution < 1.29 is 4.74 Å². The largest absolute Gasteiger partial charge is 0.494 e. The van der Waals surface area contributed by atoms with Gasteiger partial charge >= 0.3 is 0 Å². The predicted molar refractivity (Wildman–Crippen MR) is 79.4 cm³/mol. The normalized spacial score (nSPS) is 13.2. The minimum atomic E-state index is 0.177. The Morgan fingerprint density at radius 1 is 1.33 bits per heavy atom. The van der Waals surface area contributed by atoms with Gasteiger partial charge in [0.05, 0.1) is 6.61 Å². The van der Waals surface area contributed by atoms with Crippen molar-refractivity contribution in [3.05, 3.63) is 42.0 Å². The zero-order valence-electron chi connectivity index (χ0n) is 12.4. The van der Waals surface area contributed by atoms with Gasteiger partial charge in [0.2, 0.25) is 0 Å². The van der Waals surface area contributed by atoms with Crippen LogP contribution in [0, 0.1) is 5.92 Å². The number of hydrogen-bond donors (Lipinski definition) is 0. The van der Waals surface area contributed by atoms with E-state index < -0.39 is 0 Å². The molecule has 0 aliphatic heterocycles. The van der Waals surface area contributed by atoms with Gasteiger partial charge in [0, 0.05) is 0 Å². The lowest BCUT2D eigenvalue weighted by molar-refractivity contribution is 0.335. The summed E-state index contributed by atoms with van der Waals surface area (Å²) in [5, 5.41) is 0. The Kier molecular flexibility index (Phi) is 5.01. The lowest BCUT2D eigenvalue weighted by Crippen LogP contribution is -2.12. The summed E-state index contributed by atoms with van der Waals surface area (Å²) in [6, 6.07) is 6.56. The van der Waals surface area contributed by atoms with Gasteiger partial charge in [-0.05, 0) is 41.9 Å². The third kappa shape index (κ3) is 3.90. The van der Waals surface area contributed by atoms with Crippen molar-refractivity contribution in [3.8, 4) is 5.75 Å². The highest BCUT2D eigenvalue weighted by atomic mass is 16.5. The van der Waals surface area contributed by atoms with E-state index in [0.29, 0.717) is 12.5 Å². The second kappa shape index (κ2) is 6.08. The van der Waals surface area contributed by atoms with Crippen molar-refractivity contribution in [2.75, 3.05) is 6.61 Å². The van der Waals surface area contributed by atoms with E-state index in [0.717, 1.165) is 12.2 Å². The van der Waals surface area contributed by atoms with Crippen LogP contribution in [0.1, 0.15) is 45.7 Å². The monoisotopic (exact) mass is 246 g/mol. The molecule has 0 heterocycles. The van der Waals surface area contributed by atoms with Gasteiger partial charge in [-0.3, -0.25) is 0 Å². The Bertz CT molecular complexity index is 399. The molecule has 0 fully saturated rings. The van der Waals surface area contributed by atoms with Gasteiger partial charge in [0.1, 0.15) is 5.75 Å². The van der Waals surface area contributed by atoms with Crippen LogP contribution in [-0.2, 0) is 11.8 Å². The number of rotatable bonds is 5.